The van der Waals surface area contributed by atoms with Crippen molar-refractivity contribution in [2.24, 2.45) is 5.73 Å². The maximum Gasteiger partial charge on any atom is 0.251 e. The lowest BCUT2D eigenvalue weighted by molar-refractivity contribution is 0.0930. The molecule has 112 valence electrons. The van der Waals surface area contributed by atoms with Crippen LogP contribution in [-0.2, 0) is 6.42 Å². The Balaban J connectivity index is 1.76. The van der Waals surface area contributed by atoms with E-state index in [0.717, 1.165) is 19.3 Å². The molecule has 22 heavy (non-hydrogen) atoms. The van der Waals surface area contributed by atoms with Gasteiger partial charge in [-0.2, -0.15) is 0 Å². The van der Waals surface area contributed by atoms with E-state index in [2.05, 4.69) is 17.4 Å². The maximum absolute atomic E-state index is 12.4. The standard InChI is InChI=1S/C18H18N2O2/c19-17(21)13-8-10-14(11-9-13)18(22)20-16-7-3-5-12-4-1-2-6-15(12)16/h1-2,4,6,8-11,16H,3,5,7H2,(H2,19,21)(H,20,22). The highest BCUT2D eigenvalue weighted by molar-refractivity contribution is 5.97. The SMILES string of the molecule is NC(=O)c1ccc(C(=O)NC2CCCc3ccccc32)cc1. The molecule has 0 saturated heterocycles. The third-order valence-corrected chi connectivity index (χ3v) is 4.11. The van der Waals surface area contributed by atoms with Gasteiger partial charge in [0, 0.05) is 11.1 Å². The molecule has 1 aliphatic rings. The monoisotopic (exact) mass is 294 g/mol. The second kappa shape index (κ2) is 6.02. The summed E-state index contributed by atoms with van der Waals surface area (Å²) in [5.74, 6) is -0.620. The number of primary amides is 1. The van der Waals surface area contributed by atoms with Gasteiger partial charge in [0.05, 0.1) is 6.04 Å². The number of hydrogen-bond acceptors (Lipinski definition) is 2. The Bertz CT molecular complexity index is 707. The Morgan fingerprint density at radius 3 is 2.41 bits per heavy atom. The van der Waals surface area contributed by atoms with Crippen LogP contribution in [0.4, 0.5) is 0 Å². The first-order chi connectivity index (χ1) is 10.6. The number of rotatable bonds is 3. The van der Waals surface area contributed by atoms with E-state index < -0.39 is 5.91 Å². The Kier molecular flexibility index (Phi) is 3.92. The molecule has 0 heterocycles. The molecule has 3 rings (SSSR count). The van der Waals surface area contributed by atoms with Gasteiger partial charge in [0.1, 0.15) is 0 Å². The molecule has 4 nitrogen and oxygen atoms in total. The van der Waals surface area contributed by atoms with Crippen LogP contribution in [0.15, 0.2) is 48.5 Å². The van der Waals surface area contributed by atoms with E-state index >= 15 is 0 Å². The van der Waals surface area contributed by atoms with E-state index in [1.165, 1.54) is 11.1 Å². The van der Waals surface area contributed by atoms with Crippen molar-refractivity contribution in [1.29, 1.82) is 0 Å². The Morgan fingerprint density at radius 1 is 1.00 bits per heavy atom. The van der Waals surface area contributed by atoms with Gasteiger partial charge in [0.15, 0.2) is 0 Å². The summed E-state index contributed by atoms with van der Waals surface area (Å²) >= 11 is 0. The fourth-order valence-electron chi connectivity index (χ4n) is 2.93. The van der Waals surface area contributed by atoms with E-state index in [1.807, 2.05) is 12.1 Å². The highest BCUT2D eigenvalue weighted by Crippen LogP contribution is 2.29. The molecule has 2 aromatic rings. The molecular weight excluding hydrogens is 276 g/mol. The molecule has 2 aromatic carbocycles. The molecule has 0 radical (unpaired) electrons. The largest absolute Gasteiger partial charge is 0.366 e. The normalized spacial score (nSPS) is 16.6. The van der Waals surface area contributed by atoms with Crippen molar-refractivity contribution in [3.63, 3.8) is 0 Å². The number of carbonyl (C=O) groups is 2. The number of aryl methyl sites for hydroxylation is 1. The fourth-order valence-corrected chi connectivity index (χ4v) is 2.93. The van der Waals surface area contributed by atoms with Crippen molar-refractivity contribution >= 4 is 11.8 Å². The lowest BCUT2D eigenvalue weighted by atomic mass is 9.87. The number of hydrogen-bond donors (Lipinski definition) is 2. The molecule has 4 heteroatoms. The zero-order valence-electron chi connectivity index (χ0n) is 12.2. The van der Waals surface area contributed by atoms with Crippen molar-refractivity contribution < 1.29 is 9.59 Å². The highest BCUT2D eigenvalue weighted by Gasteiger charge is 2.21. The summed E-state index contributed by atoms with van der Waals surface area (Å²) in [4.78, 5) is 23.4. The van der Waals surface area contributed by atoms with Crippen molar-refractivity contribution in [3.05, 3.63) is 70.8 Å². The summed E-state index contributed by atoms with van der Waals surface area (Å²) < 4.78 is 0. The Hall–Kier alpha value is -2.62. The quantitative estimate of drug-likeness (QED) is 0.913. The Labute approximate surface area is 129 Å². The average Bonchev–Trinajstić information content (AvgIpc) is 2.55. The first-order valence-electron chi connectivity index (χ1n) is 7.43. The number of nitrogens with two attached hydrogens (primary N) is 1. The zero-order chi connectivity index (χ0) is 15.5. The predicted molar refractivity (Wildman–Crippen MR) is 84.5 cm³/mol. The number of amides is 2. The van der Waals surface area contributed by atoms with E-state index in [1.54, 1.807) is 24.3 Å². The smallest absolute Gasteiger partial charge is 0.251 e. The predicted octanol–water partition coefficient (Wildman–Crippen LogP) is 2.59. The average molecular weight is 294 g/mol. The van der Waals surface area contributed by atoms with E-state index in [-0.39, 0.29) is 11.9 Å². The van der Waals surface area contributed by atoms with Crippen LogP contribution in [0, 0.1) is 0 Å². The topological polar surface area (TPSA) is 72.2 Å². The number of nitrogens with one attached hydrogen (secondary N) is 1. The summed E-state index contributed by atoms with van der Waals surface area (Å²) in [7, 11) is 0. The van der Waals surface area contributed by atoms with Crippen LogP contribution in [0.2, 0.25) is 0 Å². The number of carbonyl (C=O) groups excluding carboxylic acids is 2. The number of fused-ring (bicyclic) bond motifs is 1. The van der Waals surface area contributed by atoms with Gasteiger partial charge < -0.3 is 11.1 Å². The minimum Gasteiger partial charge on any atom is -0.366 e. The van der Waals surface area contributed by atoms with E-state index in [4.69, 9.17) is 5.73 Å². The fraction of sp³-hybridized carbons (Fsp3) is 0.222. The van der Waals surface area contributed by atoms with Crippen molar-refractivity contribution in [1.82, 2.24) is 5.32 Å². The van der Waals surface area contributed by atoms with Crippen LogP contribution in [0.3, 0.4) is 0 Å². The summed E-state index contributed by atoms with van der Waals surface area (Å²) in [6.45, 7) is 0. The van der Waals surface area contributed by atoms with Crippen molar-refractivity contribution in [2.75, 3.05) is 0 Å². The molecule has 1 atom stereocenters. The van der Waals surface area contributed by atoms with Crippen molar-refractivity contribution in [3.8, 4) is 0 Å². The summed E-state index contributed by atoms with van der Waals surface area (Å²) in [5.41, 5.74) is 8.65. The van der Waals surface area contributed by atoms with Gasteiger partial charge in [-0.15, -0.1) is 0 Å². The summed E-state index contributed by atoms with van der Waals surface area (Å²) in [6, 6.07) is 14.7. The molecule has 0 spiro atoms. The van der Waals surface area contributed by atoms with Gasteiger partial charge in [0.2, 0.25) is 5.91 Å². The number of benzene rings is 2. The van der Waals surface area contributed by atoms with Crippen LogP contribution >= 0.6 is 0 Å². The van der Waals surface area contributed by atoms with E-state index in [0.29, 0.717) is 11.1 Å². The molecule has 0 bridgehead atoms. The Morgan fingerprint density at radius 2 is 1.68 bits per heavy atom. The van der Waals surface area contributed by atoms with Crippen LogP contribution < -0.4 is 11.1 Å². The molecule has 0 aromatic heterocycles. The lowest BCUT2D eigenvalue weighted by Gasteiger charge is -2.26. The molecular formula is C18H18N2O2. The second-order valence-corrected chi connectivity index (χ2v) is 5.56. The van der Waals surface area contributed by atoms with Gasteiger partial charge in [-0.1, -0.05) is 24.3 Å². The van der Waals surface area contributed by atoms with Crippen molar-refractivity contribution in [2.45, 2.75) is 25.3 Å². The van der Waals surface area contributed by atoms with Crippen LogP contribution in [0.1, 0.15) is 50.7 Å². The van der Waals surface area contributed by atoms with E-state index in [9.17, 15) is 9.59 Å². The molecule has 0 fully saturated rings. The zero-order valence-corrected chi connectivity index (χ0v) is 12.2. The summed E-state index contributed by atoms with van der Waals surface area (Å²) in [6.07, 6.45) is 3.08. The van der Waals surface area contributed by atoms with Crippen LogP contribution in [0.25, 0.3) is 0 Å². The summed E-state index contributed by atoms with van der Waals surface area (Å²) in [5, 5.41) is 3.08. The molecule has 3 N–H and O–H groups in total. The molecule has 0 saturated carbocycles. The van der Waals surface area contributed by atoms with Gasteiger partial charge >= 0.3 is 0 Å². The second-order valence-electron chi connectivity index (χ2n) is 5.56. The van der Waals surface area contributed by atoms with Crippen LogP contribution in [-0.4, -0.2) is 11.8 Å². The third-order valence-electron chi connectivity index (χ3n) is 4.11. The van der Waals surface area contributed by atoms with Crippen LogP contribution in [0.5, 0.6) is 0 Å². The molecule has 2 amide bonds. The molecule has 0 aliphatic heterocycles. The molecule has 1 unspecified atom stereocenters. The van der Waals surface area contributed by atoms with Gasteiger partial charge in [-0.25, -0.2) is 0 Å². The minimum absolute atomic E-state index is 0.0493. The molecule has 1 aliphatic carbocycles. The van der Waals surface area contributed by atoms with Gasteiger partial charge in [-0.05, 0) is 54.7 Å². The maximum atomic E-state index is 12.4. The first kappa shape index (κ1) is 14.3. The minimum atomic E-state index is -0.492. The lowest BCUT2D eigenvalue weighted by Crippen LogP contribution is -2.31. The van der Waals surface area contributed by atoms with Gasteiger partial charge in [0.25, 0.3) is 5.91 Å². The first-order valence-corrected chi connectivity index (χ1v) is 7.43. The van der Waals surface area contributed by atoms with Gasteiger partial charge in [-0.3, -0.25) is 9.59 Å². The third kappa shape index (κ3) is 2.86. The highest BCUT2D eigenvalue weighted by atomic mass is 16.2.